The number of ether oxygens (including phenoxy) is 2. The van der Waals surface area contributed by atoms with Crippen molar-refractivity contribution in [3.8, 4) is 22.9 Å². The van der Waals surface area contributed by atoms with Crippen LogP contribution in [0.3, 0.4) is 0 Å². The van der Waals surface area contributed by atoms with Crippen LogP contribution in [0.4, 0.5) is 5.69 Å². The maximum absolute atomic E-state index is 12.7. The Morgan fingerprint density at radius 2 is 1.83 bits per heavy atom. The standard InChI is InChI=1S/C22H17N3O4/c1-28-19-12-18-17(11-20(19)29-13-14-6-3-2-4-7-14)22(26)24-21(23-18)15-8-5-9-16(10-15)25-27/h2-12H,13H2,1H3,(H,23,24,26). The van der Waals surface area contributed by atoms with Gasteiger partial charge in [-0.2, -0.15) is 0 Å². The van der Waals surface area contributed by atoms with Crippen LogP contribution < -0.4 is 15.0 Å². The number of hydrogen-bond donors (Lipinski definition) is 1. The van der Waals surface area contributed by atoms with Crippen molar-refractivity contribution in [3.63, 3.8) is 0 Å². The molecule has 3 aromatic carbocycles. The van der Waals surface area contributed by atoms with Gasteiger partial charge >= 0.3 is 0 Å². The molecule has 0 saturated carbocycles. The predicted octanol–water partition coefficient (Wildman–Crippen LogP) is 4.58. The van der Waals surface area contributed by atoms with Gasteiger partial charge in [-0.1, -0.05) is 42.5 Å². The molecule has 0 aliphatic carbocycles. The summed E-state index contributed by atoms with van der Waals surface area (Å²) in [5, 5.41) is 3.30. The van der Waals surface area contributed by atoms with E-state index < -0.39 is 0 Å². The first-order valence-electron chi connectivity index (χ1n) is 8.90. The lowest BCUT2D eigenvalue weighted by molar-refractivity contribution is 0.285. The number of rotatable bonds is 6. The summed E-state index contributed by atoms with van der Waals surface area (Å²) in [6, 6.07) is 19.6. The number of H-pyrrole nitrogens is 1. The van der Waals surface area contributed by atoms with Gasteiger partial charge in [-0.15, -0.1) is 4.91 Å². The van der Waals surface area contributed by atoms with Crippen molar-refractivity contribution in [1.82, 2.24) is 9.97 Å². The van der Waals surface area contributed by atoms with E-state index in [1.54, 1.807) is 36.4 Å². The number of aromatic amines is 1. The highest BCUT2D eigenvalue weighted by Crippen LogP contribution is 2.32. The number of fused-ring (bicyclic) bond motifs is 1. The molecule has 0 saturated heterocycles. The zero-order chi connectivity index (χ0) is 20.2. The minimum absolute atomic E-state index is 0.257. The number of benzene rings is 3. The van der Waals surface area contributed by atoms with Crippen LogP contribution in [0, 0.1) is 4.91 Å². The van der Waals surface area contributed by atoms with Crippen LogP contribution in [0.1, 0.15) is 5.56 Å². The quantitative estimate of drug-likeness (QED) is 0.489. The molecule has 0 fully saturated rings. The van der Waals surface area contributed by atoms with Crippen molar-refractivity contribution in [2.45, 2.75) is 6.61 Å². The van der Waals surface area contributed by atoms with E-state index >= 15 is 0 Å². The summed E-state index contributed by atoms with van der Waals surface area (Å²) in [7, 11) is 1.53. The van der Waals surface area contributed by atoms with Gasteiger partial charge in [0.15, 0.2) is 11.5 Å². The Morgan fingerprint density at radius 1 is 1.00 bits per heavy atom. The molecule has 0 bridgehead atoms. The second kappa shape index (κ2) is 7.93. The number of nitroso groups, excluding NO2 is 1. The molecule has 4 aromatic rings. The fraction of sp³-hybridized carbons (Fsp3) is 0.0909. The van der Waals surface area contributed by atoms with Crippen LogP contribution in [-0.4, -0.2) is 17.1 Å². The molecule has 1 heterocycles. The van der Waals surface area contributed by atoms with E-state index in [9.17, 15) is 9.70 Å². The first-order chi connectivity index (χ1) is 14.2. The molecule has 0 atom stereocenters. The summed E-state index contributed by atoms with van der Waals surface area (Å²) < 4.78 is 11.3. The molecule has 0 aliphatic rings. The summed E-state index contributed by atoms with van der Waals surface area (Å²) in [4.78, 5) is 30.7. The van der Waals surface area contributed by atoms with E-state index in [2.05, 4.69) is 15.1 Å². The lowest BCUT2D eigenvalue weighted by Crippen LogP contribution is -2.10. The number of aromatic nitrogens is 2. The van der Waals surface area contributed by atoms with E-state index in [1.807, 2.05) is 30.3 Å². The Bertz CT molecular complexity index is 1240. The lowest BCUT2D eigenvalue weighted by Gasteiger charge is -2.12. The number of methoxy groups -OCH3 is 1. The molecule has 7 nitrogen and oxygen atoms in total. The Hall–Kier alpha value is -4.00. The van der Waals surface area contributed by atoms with Crippen molar-refractivity contribution >= 4 is 16.6 Å². The van der Waals surface area contributed by atoms with E-state index in [0.29, 0.717) is 40.4 Å². The van der Waals surface area contributed by atoms with E-state index in [1.165, 1.54) is 7.11 Å². The third-order valence-electron chi connectivity index (χ3n) is 4.45. The third kappa shape index (κ3) is 3.84. The average Bonchev–Trinajstić information content (AvgIpc) is 2.78. The second-order valence-electron chi connectivity index (χ2n) is 6.35. The minimum Gasteiger partial charge on any atom is -0.493 e. The van der Waals surface area contributed by atoms with Crippen LogP contribution in [0.15, 0.2) is 76.7 Å². The van der Waals surface area contributed by atoms with Gasteiger partial charge in [-0.3, -0.25) is 4.79 Å². The molecule has 144 valence electrons. The van der Waals surface area contributed by atoms with Crippen LogP contribution in [-0.2, 0) is 6.61 Å². The fourth-order valence-electron chi connectivity index (χ4n) is 3.00. The highest BCUT2D eigenvalue weighted by atomic mass is 16.5. The Morgan fingerprint density at radius 3 is 2.59 bits per heavy atom. The van der Waals surface area contributed by atoms with Gasteiger partial charge in [0.05, 0.1) is 18.0 Å². The third-order valence-corrected chi connectivity index (χ3v) is 4.45. The van der Waals surface area contributed by atoms with Crippen LogP contribution in [0.2, 0.25) is 0 Å². The van der Waals surface area contributed by atoms with Gasteiger partial charge in [0.1, 0.15) is 18.1 Å². The molecule has 0 unspecified atom stereocenters. The lowest BCUT2D eigenvalue weighted by atomic mass is 10.1. The molecule has 1 N–H and O–H groups in total. The summed E-state index contributed by atoms with van der Waals surface area (Å²) in [6.07, 6.45) is 0. The minimum atomic E-state index is -0.318. The predicted molar refractivity (Wildman–Crippen MR) is 111 cm³/mol. The number of nitrogens with zero attached hydrogens (tertiary/aromatic N) is 2. The van der Waals surface area contributed by atoms with Crippen molar-refractivity contribution in [3.05, 3.63) is 87.6 Å². The number of hydrogen-bond acceptors (Lipinski definition) is 6. The van der Waals surface area contributed by atoms with Crippen molar-refractivity contribution < 1.29 is 9.47 Å². The monoisotopic (exact) mass is 387 g/mol. The molecule has 7 heteroatoms. The van der Waals surface area contributed by atoms with Crippen LogP contribution >= 0.6 is 0 Å². The maximum Gasteiger partial charge on any atom is 0.259 e. The first-order valence-corrected chi connectivity index (χ1v) is 8.90. The topological polar surface area (TPSA) is 93.6 Å². The highest BCUT2D eigenvalue weighted by Gasteiger charge is 2.13. The van der Waals surface area contributed by atoms with Gasteiger partial charge in [-0.05, 0) is 28.9 Å². The van der Waals surface area contributed by atoms with Crippen LogP contribution in [0.25, 0.3) is 22.3 Å². The zero-order valence-corrected chi connectivity index (χ0v) is 15.6. The smallest absolute Gasteiger partial charge is 0.259 e. The molecular formula is C22H17N3O4. The van der Waals surface area contributed by atoms with E-state index in [0.717, 1.165) is 5.56 Å². The second-order valence-corrected chi connectivity index (χ2v) is 6.35. The molecule has 0 spiro atoms. The number of nitrogens with one attached hydrogen (secondary N) is 1. The molecule has 1 aromatic heterocycles. The average molecular weight is 387 g/mol. The van der Waals surface area contributed by atoms with Gasteiger partial charge < -0.3 is 14.5 Å². The molecule has 29 heavy (non-hydrogen) atoms. The highest BCUT2D eigenvalue weighted by molar-refractivity contribution is 5.83. The summed E-state index contributed by atoms with van der Waals surface area (Å²) in [5.74, 6) is 1.27. The molecular weight excluding hydrogens is 370 g/mol. The fourth-order valence-corrected chi connectivity index (χ4v) is 3.00. The Kier molecular flexibility index (Phi) is 5.03. The maximum atomic E-state index is 12.7. The molecule has 0 radical (unpaired) electrons. The van der Waals surface area contributed by atoms with Gasteiger partial charge in [-0.25, -0.2) is 4.98 Å². The molecule has 0 amide bonds. The van der Waals surface area contributed by atoms with Crippen molar-refractivity contribution in [2.24, 2.45) is 5.18 Å². The van der Waals surface area contributed by atoms with Gasteiger partial charge in [0.25, 0.3) is 5.56 Å². The molecule has 4 rings (SSSR count). The first kappa shape index (κ1) is 18.4. The van der Waals surface area contributed by atoms with Crippen molar-refractivity contribution in [2.75, 3.05) is 7.11 Å². The zero-order valence-electron chi connectivity index (χ0n) is 15.6. The van der Waals surface area contributed by atoms with Crippen LogP contribution in [0.5, 0.6) is 11.5 Å². The summed E-state index contributed by atoms with van der Waals surface area (Å²) in [5.41, 5.74) is 1.98. The largest absolute Gasteiger partial charge is 0.493 e. The van der Waals surface area contributed by atoms with Gasteiger partial charge in [0.2, 0.25) is 0 Å². The SMILES string of the molecule is COc1cc2nc(-c3cccc(N=O)c3)[nH]c(=O)c2cc1OCc1ccccc1. The van der Waals surface area contributed by atoms with Gasteiger partial charge in [0, 0.05) is 11.6 Å². The Balaban J connectivity index is 1.74. The van der Waals surface area contributed by atoms with E-state index in [-0.39, 0.29) is 11.2 Å². The van der Waals surface area contributed by atoms with E-state index in [4.69, 9.17) is 9.47 Å². The Labute approximate surface area is 165 Å². The summed E-state index contributed by atoms with van der Waals surface area (Å²) >= 11 is 0. The molecule has 0 aliphatic heterocycles. The normalized spacial score (nSPS) is 10.7. The summed E-state index contributed by atoms with van der Waals surface area (Å²) in [6.45, 7) is 0.345. The van der Waals surface area contributed by atoms with Crippen molar-refractivity contribution in [1.29, 1.82) is 0 Å².